The van der Waals surface area contributed by atoms with E-state index in [0.717, 1.165) is 23.7 Å². The van der Waals surface area contributed by atoms with Crippen molar-refractivity contribution in [3.05, 3.63) is 12.7 Å². The average Bonchev–Trinajstić information content (AvgIpc) is 2.96. The minimum atomic E-state index is -0.259. The summed E-state index contributed by atoms with van der Waals surface area (Å²) in [5, 5.41) is 0. The molecule has 3 aliphatic rings. The average molecular weight is 220 g/mol. The minimum Gasteiger partial charge on any atom is -0.462 e. The molecule has 0 amide bonds. The number of esters is 1. The van der Waals surface area contributed by atoms with Gasteiger partial charge in [-0.25, -0.2) is 4.79 Å². The van der Waals surface area contributed by atoms with Gasteiger partial charge in [-0.15, -0.1) is 0 Å². The van der Waals surface area contributed by atoms with Crippen molar-refractivity contribution < 1.29 is 9.53 Å². The van der Waals surface area contributed by atoms with E-state index in [2.05, 4.69) is 6.58 Å². The highest BCUT2D eigenvalue weighted by Crippen LogP contribution is 2.60. The summed E-state index contributed by atoms with van der Waals surface area (Å²) in [6.45, 7) is 4.07. The molecule has 0 aromatic rings. The maximum absolute atomic E-state index is 11.1. The number of fused-ring (bicyclic) bond motifs is 5. The summed E-state index contributed by atoms with van der Waals surface area (Å²) in [6, 6.07) is 0. The van der Waals surface area contributed by atoms with E-state index in [9.17, 15) is 4.79 Å². The number of ether oxygens (including phenoxy) is 1. The third-order valence-electron chi connectivity index (χ3n) is 5.17. The highest BCUT2D eigenvalue weighted by Gasteiger charge is 2.53. The zero-order valence-electron chi connectivity index (χ0n) is 9.73. The van der Waals surface area contributed by atoms with Gasteiger partial charge in [0.15, 0.2) is 0 Å². The van der Waals surface area contributed by atoms with Crippen LogP contribution < -0.4 is 0 Å². The summed E-state index contributed by atoms with van der Waals surface area (Å²) >= 11 is 0. The Balaban J connectivity index is 1.59. The van der Waals surface area contributed by atoms with E-state index < -0.39 is 0 Å². The van der Waals surface area contributed by atoms with Crippen LogP contribution in [0.15, 0.2) is 12.7 Å². The van der Waals surface area contributed by atoms with E-state index >= 15 is 0 Å². The zero-order chi connectivity index (χ0) is 11.1. The second-order valence-corrected chi connectivity index (χ2v) is 5.75. The summed E-state index contributed by atoms with van der Waals surface area (Å²) in [5.74, 6) is 4.18. The molecule has 0 radical (unpaired) electrons. The molecular weight excluding hydrogens is 200 g/mol. The van der Waals surface area contributed by atoms with Crippen LogP contribution >= 0.6 is 0 Å². The molecule has 0 aromatic carbocycles. The van der Waals surface area contributed by atoms with E-state index in [0.29, 0.717) is 12.5 Å². The van der Waals surface area contributed by atoms with Crippen LogP contribution in [0.1, 0.15) is 32.1 Å². The van der Waals surface area contributed by atoms with Gasteiger partial charge in [0.1, 0.15) is 0 Å². The Hall–Kier alpha value is -0.790. The first-order valence-electron chi connectivity index (χ1n) is 6.58. The van der Waals surface area contributed by atoms with E-state index in [4.69, 9.17) is 4.74 Å². The van der Waals surface area contributed by atoms with Gasteiger partial charge in [-0.3, -0.25) is 0 Å². The van der Waals surface area contributed by atoms with Gasteiger partial charge in [-0.2, -0.15) is 0 Å². The second kappa shape index (κ2) is 3.90. The summed E-state index contributed by atoms with van der Waals surface area (Å²) in [7, 11) is 0. The summed E-state index contributed by atoms with van der Waals surface area (Å²) in [5.41, 5.74) is 0. The predicted octanol–water partition coefficient (Wildman–Crippen LogP) is 2.79. The standard InChI is InChI=1S/C14H20O2/c1-2-14(15)16-8-10-6-9-7-13(10)12-5-3-4-11(9)12/h2,9-13H,1,3-8H2/t9?,10-,11?,12?,13?/m0/s1. The van der Waals surface area contributed by atoms with Gasteiger partial charge in [0, 0.05) is 6.08 Å². The third-order valence-corrected chi connectivity index (χ3v) is 5.17. The largest absolute Gasteiger partial charge is 0.462 e. The Bertz CT molecular complexity index is 310. The molecule has 3 saturated carbocycles. The van der Waals surface area contributed by atoms with Gasteiger partial charge in [0.05, 0.1) is 6.61 Å². The maximum atomic E-state index is 11.1. The van der Waals surface area contributed by atoms with Gasteiger partial charge < -0.3 is 4.74 Å². The van der Waals surface area contributed by atoms with Gasteiger partial charge in [-0.1, -0.05) is 13.0 Å². The Morgan fingerprint density at radius 1 is 1.25 bits per heavy atom. The number of carbonyl (C=O) groups excluding carboxylic acids is 1. The summed E-state index contributed by atoms with van der Waals surface area (Å²) in [6.07, 6.45) is 8.30. The molecule has 0 aromatic heterocycles. The van der Waals surface area contributed by atoms with E-state index in [1.165, 1.54) is 38.2 Å². The molecule has 3 fully saturated rings. The zero-order valence-corrected chi connectivity index (χ0v) is 9.73. The predicted molar refractivity (Wildman–Crippen MR) is 61.7 cm³/mol. The molecule has 2 heteroatoms. The molecule has 88 valence electrons. The molecule has 0 spiro atoms. The Kier molecular flexibility index (Phi) is 2.53. The first-order valence-corrected chi connectivity index (χ1v) is 6.58. The van der Waals surface area contributed by atoms with Gasteiger partial charge >= 0.3 is 5.97 Å². The maximum Gasteiger partial charge on any atom is 0.330 e. The van der Waals surface area contributed by atoms with Crippen molar-refractivity contribution in [2.45, 2.75) is 32.1 Å². The normalized spacial score (nSPS) is 44.4. The molecule has 3 rings (SSSR count). The molecular formula is C14H20O2. The van der Waals surface area contributed by atoms with Crippen LogP contribution in [0.25, 0.3) is 0 Å². The molecule has 2 bridgehead atoms. The fourth-order valence-corrected chi connectivity index (χ4v) is 4.65. The van der Waals surface area contributed by atoms with Crippen molar-refractivity contribution in [3.63, 3.8) is 0 Å². The third kappa shape index (κ3) is 1.50. The van der Waals surface area contributed by atoms with Crippen LogP contribution in [0.5, 0.6) is 0 Å². The van der Waals surface area contributed by atoms with E-state index in [1.54, 1.807) is 0 Å². The van der Waals surface area contributed by atoms with Crippen molar-refractivity contribution in [2.24, 2.45) is 29.6 Å². The monoisotopic (exact) mass is 220 g/mol. The SMILES string of the molecule is C=CC(=O)OC[C@@H]1CC2CC1C1CCCC21. The quantitative estimate of drug-likeness (QED) is 0.540. The fraction of sp³-hybridized carbons (Fsp3) is 0.786. The lowest BCUT2D eigenvalue weighted by Gasteiger charge is -2.31. The molecule has 4 unspecified atom stereocenters. The molecule has 5 atom stereocenters. The van der Waals surface area contributed by atoms with Gasteiger partial charge in [-0.05, 0) is 55.3 Å². The van der Waals surface area contributed by atoms with Crippen LogP contribution in [0, 0.1) is 29.6 Å². The first kappa shape index (κ1) is 10.4. The van der Waals surface area contributed by atoms with Crippen molar-refractivity contribution in [1.82, 2.24) is 0 Å². The first-order chi connectivity index (χ1) is 7.79. The van der Waals surface area contributed by atoms with Gasteiger partial charge in [0.25, 0.3) is 0 Å². The Labute approximate surface area is 97.1 Å². The molecule has 0 saturated heterocycles. The molecule has 2 nitrogen and oxygen atoms in total. The lowest BCUT2D eigenvalue weighted by Crippen LogP contribution is -2.28. The van der Waals surface area contributed by atoms with Crippen molar-refractivity contribution in [2.75, 3.05) is 6.61 Å². The number of carbonyl (C=O) groups is 1. The molecule has 0 N–H and O–H groups in total. The molecule has 0 aliphatic heterocycles. The van der Waals surface area contributed by atoms with Crippen molar-refractivity contribution in [1.29, 1.82) is 0 Å². The van der Waals surface area contributed by atoms with Crippen LogP contribution in [-0.4, -0.2) is 12.6 Å². The Morgan fingerprint density at radius 3 is 2.88 bits per heavy atom. The van der Waals surface area contributed by atoms with Gasteiger partial charge in [0.2, 0.25) is 0 Å². The lowest BCUT2D eigenvalue weighted by atomic mass is 9.76. The summed E-state index contributed by atoms with van der Waals surface area (Å²) < 4.78 is 5.22. The molecule has 3 aliphatic carbocycles. The smallest absolute Gasteiger partial charge is 0.330 e. The minimum absolute atomic E-state index is 0.259. The topological polar surface area (TPSA) is 26.3 Å². The molecule has 16 heavy (non-hydrogen) atoms. The number of hydrogen-bond donors (Lipinski definition) is 0. The lowest BCUT2D eigenvalue weighted by molar-refractivity contribution is -0.139. The molecule has 0 heterocycles. The van der Waals surface area contributed by atoms with Crippen LogP contribution in [0.2, 0.25) is 0 Å². The number of rotatable bonds is 3. The summed E-state index contributed by atoms with van der Waals surface area (Å²) in [4.78, 5) is 11.1. The highest BCUT2D eigenvalue weighted by atomic mass is 16.5. The van der Waals surface area contributed by atoms with Crippen LogP contribution in [0.3, 0.4) is 0 Å². The van der Waals surface area contributed by atoms with Crippen LogP contribution in [0.4, 0.5) is 0 Å². The second-order valence-electron chi connectivity index (χ2n) is 5.75. The van der Waals surface area contributed by atoms with Crippen molar-refractivity contribution in [3.8, 4) is 0 Å². The fourth-order valence-electron chi connectivity index (χ4n) is 4.65. The van der Waals surface area contributed by atoms with Crippen molar-refractivity contribution >= 4 is 5.97 Å². The van der Waals surface area contributed by atoms with Crippen LogP contribution in [-0.2, 0) is 9.53 Å². The van der Waals surface area contributed by atoms with E-state index in [1.807, 2.05) is 0 Å². The highest BCUT2D eigenvalue weighted by molar-refractivity contribution is 5.81. The Morgan fingerprint density at radius 2 is 2.06 bits per heavy atom. The number of hydrogen-bond acceptors (Lipinski definition) is 2. The van der Waals surface area contributed by atoms with E-state index in [-0.39, 0.29) is 5.97 Å².